The van der Waals surface area contributed by atoms with E-state index in [1.165, 1.54) is 6.92 Å². The lowest BCUT2D eigenvalue weighted by molar-refractivity contribution is -0.196. The third kappa shape index (κ3) is 4.26. The molecule has 2 unspecified atom stereocenters. The second-order valence-electron chi connectivity index (χ2n) is 5.66. The highest BCUT2D eigenvalue weighted by Crippen LogP contribution is 2.42. The second kappa shape index (κ2) is 6.97. The van der Waals surface area contributed by atoms with E-state index in [2.05, 4.69) is 4.99 Å². The van der Waals surface area contributed by atoms with E-state index >= 15 is 0 Å². The fourth-order valence-corrected chi connectivity index (χ4v) is 2.07. The lowest BCUT2D eigenvalue weighted by Crippen LogP contribution is -2.39. The number of allylic oxidation sites excluding steroid dienone is 3. The van der Waals surface area contributed by atoms with Crippen LogP contribution < -0.4 is 0 Å². The first-order chi connectivity index (χ1) is 11.6. The van der Waals surface area contributed by atoms with Crippen molar-refractivity contribution in [2.75, 3.05) is 6.61 Å². The zero-order valence-electron chi connectivity index (χ0n) is 13.2. The van der Waals surface area contributed by atoms with Crippen molar-refractivity contribution >= 4 is 12.2 Å². The lowest BCUT2D eigenvalue weighted by Gasteiger charge is -2.26. The lowest BCUT2D eigenvalue weighted by atomic mass is 9.89. The van der Waals surface area contributed by atoms with Crippen molar-refractivity contribution in [3.63, 3.8) is 0 Å². The van der Waals surface area contributed by atoms with Crippen LogP contribution in [0.4, 0.5) is 22.0 Å². The molecular formula is C16H16F5NO3. The van der Waals surface area contributed by atoms with Crippen LogP contribution >= 0.6 is 0 Å². The average Bonchev–Trinajstić information content (AvgIpc) is 3.30. The van der Waals surface area contributed by atoms with Crippen molar-refractivity contribution in [1.82, 2.24) is 0 Å². The van der Waals surface area contributed by atoms with Gasteiger partial charge in [0.25, 0.3) is 0 Å². The van der Waals surface area contributed by atoms with Crippen LogP contribution in [0.1, 0.15) is 19.8 Å². The van der Waals surface area contributed by atoms with Crippen LogP contribution in [-0.2, 0) is 9.53 Å². The highest BCUT2D eigenvalue weighted by molar-refractivity contribution is 6.10. The van der Waals surface area contributed by atoms with Gasteiger partial charge in [-0.3, -0.25) is 4.99 Å². The van der Waals surface area contributed by atoms with Gasteiger partial charge in [0.05, 0.1) is 18.6 Å². The Morgan fingerprint density at radius 1 is 1.48 bits per heavy atom. The number of alkyl halides is 4. The number of hydrogen-bond acceptors (Lipinski definition) is 4. The van der Waals surface area contributed by atoms with Crippen molar-refractivity contribution in [2.24, 2.45) is 10.9 Å². The molecule has 25 heavy (non-hydrogen) atoms. The Morgan fingerprint density at radius 2 is 2.12 bits per heavy atom. The summed E-state index contributed by atoms with van der Waals surface area (Å²) in [6, 6.07) is -0.0248. The molecule has 0 spiro atoms. The van der Waals surface area contributed by atoms with E-state index in [1.807, 2.05) is 0 Å². The molecule has 4 nitrogen and oxygen atoms in total. The molecule has 0 amide bonds. The van der Waals surface area contributed by atoms with E-state index < -0.39 is 40.9 Å². The number of aliphatic hydroxyl groups excluding tert-OH is 1. The molecule has 2 aliphatic carbocycles. The quantitative estimate of drug-likeness (QED) is 0.201. The third-order valence-electron chi connectivity index (χ3n) is 3.64. The molecule has 0 heterocycles. The smallest absolute Gasteiger partial charge is 0.429 e. The Kier molecular flexibility index (Phi) is 5.34. The Hall–Kier alpha value is -2.19. The van der Waals surface area contributed by atoms with E-state index in [1.54, 1.807) is 0 Å². The predicted molar refractivity (Wildman–Crippen MR) is 79.5 cm³/mol. The number of rotatable bonds is 5. The molecule has 2 rings (SSSR count). The van der Waals surface area contributed by atoms with E-state index in [0.29, 0.717) is 6.08 Å². The number of halogens is 5. The molecule has 1 N–H and O–H groups in total. The van der Waals surface area contributed by atoms with Crippen LogP contribution in [0.25, 0.3) is 0 Å². The van der Waals surface area contributed by atoms with Gasteiger partial charge in [-0.1, -0.05) is 6.08 Å². The molecule has 0 saturated heterocycles. The van der Waals surface area contributed by atoms with Crippen LogP contribution in [0.15, 0.2) is 40.4 Å². The van der Waals surface area contributed by atoms with E-state index in [9.17, 15) is 31.9 Å². The molecule has 138 valence electrons. The molecule has 0 aromatic carbocycles. The van der Waals surface area contributed by atoms with Gasteiger partial charge in [0.15, 0.2) is 0 Å². The minimum Gasteiger partial charge on any atom is -0.510 e. The van der Waals surface area contributed by atoms with Crippen molar-refractivity contribution in [3.8, 4) is 0 Å². The molecule has 0 aromatic rings. The largest absolute Gasteiger partial charge is 0.510 e. The highest BCUT2D eigenvalue weighted by Gasteiger charge is 2.55. The minimum atomic E-state index is -5.34. The monoisotopic (exact) mass is 365 g/mol. The molecule has 0 bridgehead atoms. The number of carbonyl (C=O) groups is 1. The van der Waals surface area contributed by atoms with Crippen LogP contribution in [-0.4, -0.2) is 41.8 Å². The number of hydrogen-bond donors (Lipinski definition) is 1. The zero-order chi connectivity index (χ0) is 18.8. The van der Waals surface area contributed by atoms with Crippen molar-refractivity contribution in [2.45, 2.75) is 37.7 Å². The summed E-state index contributed by atoms with van der Waals surface area (Å²) in [7, 11) is 0. The molecular weight excluding hydrogens is 349 g/mol. The van der Waals surface area contributed by atoms with Gasteiger partial charge in [0.2, 0.25) is 5.67 Å². The van der Waals surface area contributed by atoms with Gasteiger partial charge in [-0.2, -0.15) is 13.2 Å². The maximum Gasteiger partial charge on any atom is 0.429 e. The first-order valence-electron chi connectivity index (χ1n) is 7.55. The minimum absolute atomic E-state index is 0.0248. The number of esters is 1. The van der Waals surface area contributed by atoms with Crippen molar-refractivity contribution in [1.29, 1.82) is 0 Å². The third-order valence-corrected chi connectivity index (χ3v) is 3.64. The Morgan fingerprint density at radius 3 is 2.60 bits per heavy atom. The number of nitrogens with zero attached hydrogens (tertiary/aromatic N) is 1. The molecule has 1 saturated carbocycles. The maximum atomic E-state index is 14.0. The van der Waals surface area contributed by atoms with E-state index in [4.69, 9.17) is 4.74 Å². The van der Waals surface area contributed by atoms with Gasteiger partial charge < -0.3 is 9.84 Å². The molecule has 1 fully saturated rings. The fourth-order valence-electron chi connectivity index (χ4n) is 2.07. The Labute approximate surface area is 140 Å². The van der Waals surface area contributed by atoms with Crippen LogP contribution in [0, 0.1) is 5.92 Å². The summed E-state index contributed by atoms with van der Waals surface area (Å²) >= 11 is 0. The van der Waals surface area contributed by atoms with E-state index in [0.717, 1.165) is 19.1 Å². The SMILES string of the molecule is CCOC(=O)/C(C=NC1CC1)=C(/O)C1C=CC(F)(C(F)(F)F)C=C1F. The van der Waals surface area contributed by atoms with Crippen molar-refractivity contribution < 1.29 is 36.6 Å². The number of aliphatic hydroxyl groups is 1. The zero-order valence-corrected chi connectivity index (χ0v) is 13.2. The topological polar surface area (TPSA) is 58.9 Å². The van der Waals surface area contributed by atoms with Crippen LogP contribution in [0.5, 0.6) is 0 Å². The number of ether oxygens (including phenoxy) is 1. The van der Waals surface area contributed by atoms with Gasteiger partial charge in [-0.25, -0.2) is 13.6 Å². The maximum absolute atomic E-state index is 14.0. The summed E-state index contributed by atoms with van der Waals surface area (Å²) in [6.45, 7) is 1.47. The van der Waals surface area contributed by atoms with E-state index in [-0.39, 0.29) is 24.8 Å². The summed E-state index contributed by atoms with van der Waals surface area (Å²) in [5.74, 6) is -5.19. The standard InChI is InChI=1S/C16H16F5NO3/c1-2-25-14(24)11(8-22-9-3-4-9)13(23)10-5-6-15(18,7-12(10)17)16(19,20)21/h5-10,23H,2-4H2,1H3/b13-11+,22-8?. The van der Waals surface area contributed by atoms with Crippen molar-refractivity contribution in [3.05, 3.63) is 35.4 Å². The number of aliphatic imine (C=N–C) groups is 1. The highest BCUT2D eigenvalue weighted by atomic mass is 19.4. The van der Waals surface area contributed by atoms with Crippen LogP contribution in [0.2, 0.25) is 0 Å². The fraction of sp³-hybridized carbons (Fsp3) is 0.500. The summed E-state index contributed by atoms with van der Waals surface area (Å²) in [5, 5.41) is 10.2. The molecule has 9 heteroatoms. The first-order valence-corrected chi connectivity index (χ1v) is 7.55. The molecule has 0 aromatic heterocycles. The summed E-state index contributed by atoms with van der Waals surface area (Å²) in [6.07, 6.45) is -2.41. The molecule has 0 aliphatic heterocycles. The summed E-state index contributed by atoms with van der Waals surface area (Å²) in [4.78, 5) is 15.9. The van der Waals surface area contributed by atoms with Gasteiger partial charge in [-0.05, 0) is 31.9 Å². The Bertz CT molecular complexity index is 661. The predicted octanol–water partition coefficient (Wildman–Crippen LogP) is 3.90. The average molecular weight is 365 g/mol. The summed E-state index contributed by atoms with van der Waals surface area (Å²) < 4.78 is 70.4. The van der Waals surface area contributed by atoms with Crippen LogP contribution in [0.3, 0.4) is 0 Å². The molecule has 2 aliphatic rings. The molecule has 2 atom stereocenters. The normalized spacial score (nSPS) is 27.9. The molecule has 0 radical (unpaired) electrons. The van der Waals surface area contributed by atoms with Gasteiger partial charge in [-0.15, -0.1) is 0 Å². The number of carbonyl (C=O) groups excluding carboxylic acids is 1. The summed E-state index contributed by atoms with van der Waals surface area (Å²) in [5.41, 5.74) is -4.45. The first kappa shape index (κ1) is 19.1. The van der Waals surface area contributed by atoms with Gasteiger partial charge in [0, 0.05) is 6.21 Å². The van der Waals surface area contributed by atoms with Gasteiger partial charge in [0.1, 0.15) is 17.2 Å². The van der Waals surface area contributed by atoms with Gasteiger partial charge >= 0.3 is 12.1 Å². The Balaban J connectivity index is 2.36. The second-order valence-corrected chi connectivity index (χ2v) is 5.66.